The molecular weight excluding hydrogens is 102 g/mol. The van der Waals surface area contributed by atoms with E-state index in [1.54, 1.807) is 6.07 Å². The number of hydrogen-bond acceptors (Lipinski definition) is 1. The van der Waals surface area contributed by atoms with E-state index in [0.717, 1.165) is 12.8 Å². The summed E-state index contributed by atoms with van der Waals surface area (Å²) in [5.41, 5.74) is -1.21. The van der Waals surface area contributed by atoms with Gasteiger partial charge in [-0.15, -0.1) is 0 Å². The van der Waals surface area contributed by atoms with E-state index in [9.17, 15) is 5.11 Å². The van der Waals surface area contributed by atoms with Crippen LogP contribution in [0.25, 0.3) is 0 Å². The largest absolute Gasteiger partial charge is 0.213 e. The summed E-state index contributed by atoms with van der Waals surface area (Å²) in [6.45, 7) is 0. The van der Waals surface area contributed by atoms with Gasteiger partial charge in [0.25, 0.3) is 0 Å². The average molecular weight is 110 g/mol. The fourth-order valence-electron chi connectivity index (χ4n) is 1.06. The number of hydrogen-bond donors (Lipinski definition) is 0. The molecule has 2 heteroatoms. The number of nitrogens with zero attached hydrogens (tertiary/aromatic N) is 1. The molecule has 0 aromatic rings. The van der Waals surface area contributed by atoms with Crippen molar-refractivity contribution >= 4 is 0 Å². The second kappa shape index (κ2) is 1.75. The van der Waals surface area contributed by atoms with Gasteiger partial charge in [0, 0.05) is 0 Å². The molecule has 0 aliphatic heterocycles. The molecule has 0 spiro atoms. The lowest BCUT2D eigenvalue weighted by Crippen LogP contribution is -2.17. The fraction of sp³-hybridized carbons (Fsp3) is 0.833. The van der Waals surface area contributed by atoms with Gasteiger partial charge in [0.05, 0.1) is 0 Å². The van der Waals surface area contributed by atoms with Crippen LogP contribution in [0.15, 0.2) is 0 Å². The lowest BCUT2D eigenvalue weighted by atomic mass is 10.1. The molecule has 0 bridgehead atoms. The van der Waals surface area contributed by atoms with Crippen LogP contribution in [0.4, 0.5) is 0 Å². The van der Waals surface area contributed by atoms with Gasteiger partial charge in [-0.3, -0.25) is 0 Å². The zero-order chi connectivity index (χ0) is 6.04. The molecule has 0 heterocycles. The maximum absolute atomic E-state index is 10.9. The van der Waals surface area contributed by atoms with E-state index in [2.05, 4.69) is 0 Å². The Balaban J connectivity index is 2.56. The molecule has 43 valence electrons. The van der Waals surface area contributed by atoms with Crippen LogP contribution in [0.2, 0.25) is 0 Å². The molecule has 1 fully saturated rings. The second-order valence-corrected chi connectivity index (χ2v) is 2.31. The van der Waals surface area contributed by atoms with Crippen molar-refractivity contribution in [2.24, 2.45) is 0 Å². The van der Waals surface area contributed by atoms with Crippen LogP contribution in [-0.2, 0) is 5.11 Å². The second-order valence-electron chi connectivity index (χ2n) is 2.31. The van der Waals surface area contributed by atoms with Gasteiger partial charge < -0.3 is 0 Å². The summed E-state index contributed by atoms with van der Waals surface area (Å²) in [6.07, 6.45) is 3.00. The monoisotopic (exact) mass is 110 g/mol. The predicted octanol–water partition coefficient (Wildman–Crippen LogP) is 1.25. The molecule has 1 saturated carbocycles. The molecule has 1 rings (SSSR count). The highest BCUT2D eigenvalue weighted by Crippen LogP contribution is 2.28. The molecule has 1 aliphatic rings. The quantitative estimate of drug-likeness (QED) is 0.462. The lowest BCUT2D eigenvalue weighted by Gasteiger charge is -2.04. The average Bonchev–Trinajstić information content (AvgIpc) is 2.17. The first-order chi connectivity index (χ1) is 3.77. The molecular formula is C6H8NO. The molecule has 0 amide bonds. The molecule has 0 saturated heterocycles. The Kier molecular flexibility index (Phi) is 1.22. The highest BCUT2D eigenvalue weighted by atomic mass is 16.3. The van der Waals surface area contributed by atoms with Gasteiger partial charge in [-0.05, 0) is 25.7 Å². The highest BCUT2D eigenvalue weighted by molar-refractivity contribution is 5.02. The SMILES string of the molecule is N#CC1([O])CCCC1. The minimum absolute atomic E-state index is 0.559. The van der Waals surface area contributed by atoms with Gasteiger partial charge in [0.1, 0.15) is 6.07 Å². The van der Waals surface area contributed by atoms with Crippen molar-refractivity contribution in [2.75, 3.05) is 0 Å². The minimum atomic E-state index is -1.21. The van der Waals surface area contributed by atoms with Crippen molar-refractivity contribution in [3.63, 3.8) is 0 Å². The smallest absolute Gasteiger partial charge is 0.189 e. The van der Waals surface area contributed by atoms with Gasteiger partial charge in [-0.25, -0.2) is 5.11 Å². The summed E-state index contributed by atoms with van der Waals surface area (Å²) < 4.78 is 0. The Morgan fingerprint density at radius 1 is 1.38 bits per heavy atom. The van der Waals surface area contributed by atoms with Crippen LogP contribution in [-0.4, -0.2) is 5.60 Å². The molecule has 1 radical (unpaired) electrons. The van der Waals surface area contributed by atoms with Gasteiger partial charge >= 0.3 is 0 Å². The predicted molar refractivity (Wildman–Crippen MR) is 27.5 cm³/mol. The van der Waals surface area contributed by atoms with E-state index < -0.39 is 5.60 Å². The van der Waals surface area contributed by atoms with Crippen LogP contribution in [0.5, 0.6) is 0 Å². The van der Waals surface area contributed by atoms with Gasteiger partial charge in [0.2, 0.25) is 0 Å². The first-order valence-electron chi connectivity index (χ1n) is 2.88. The summed E-state index contributed by atoms with van der Waals surface area (Å²) >= 11 is 0. The van der Waals surface area contributed by atoms with E-state index in [4.69, 9.17) is 5.26 Å². The summed E-state index contributed by atoms with van der Waals surface area (Å²) in [7, 11) is 0. The minimum Gasteiger partial charge on any atom is -0.213 e. The Morgan fingerprint density at radius 2 is 1.88 bits per heavy atom. The normalized spacial score (nSPS) is 25.0. The molecule has 0 atom stereocenters. The zero-order valence-electron chi connectivity index (χ0n) is 4.68. The van der Waals surface area contributed by atoms with Crippen molar-refractivity contribution in [2.45, 2.75) is 31.3 Å². The third-order valence-electron chi connectivity index (χ3n) is 1.61. The Hall–Kier alpha value is -0.550. The van der Waals surface area contributed by atoms with Crippen LogP contribution in [0.3, 0.4) is 0 Å². The van der Waals surface area contributed by atoms with Crippen LogP contribution >= 0.6 is 0 Å². The van der Waals surface area contributed by atoms with E-state index in [1.165, 1.54) is 0 Å². The number of nitriles is 1. The maximum atomic E-state index is 10.9. The molecule has 0 unspecified atom stereocenters. The molecule has 0 aromatic carbocycles. The van der Waals surface area contributed by atoms with E-state index >= 15 is 0 Å². The van der Waals surface area contributed by atoms with Crippen molar-refractivity contribution in [3.05, 3.63) is 0 Å². The highest BCUT2D eigenvalue weighted by Gasteiger charge is 2.32. The van der Waals surface area contributed by atoms with Crippen molar-refractivity contribution in [3.8, 4) is 6.07 Å². The van der Waals surface area contributed by atoms with Crippen molar-refractivity contribution in [1.82, 2.24) is 0 Å². The van der Waals surface area contributed by atoms with E-state index in [-0.39, 0.29) is 0 Å². The van der Waals surface area contributed by atoms with Gasteiger partial charge in [-0.1, -0.05) is 0 Å². The Labute approximate surface area is 48.7 Å². The molecule has 0 aromatic heterocycles. The first kappa shape index (κ1) is 5.58. The summed E-state index contributed by atoms with van der Waals surface area (Å²) in [6, 6.07) is 1.78. The van der Waals surface area contributed by atoms with Crippen molar-refractivity contribution in [1.29, 1.82) is 5.26 Å². The third-order valence-corrected chi connectivity index (χ3v) is 1.61. The molecule has 0 N–H and O–H groups in total. The molecule has 8 heavy (non-hydrogen) atoms. The van der Waals surface area contributed by atoms with Crippen LogP contribution < -0.4 is 0 Å². The standard InChI is InChI=1S/C6H8NO/c7-5-6(8)3-1-2-4-6/h1-4H2. The summed E-state index contributed by atoms with van der Waals surface area (Å²) in [5, 5.41) is 19.2. The third kappa shape index (κ3) is 0.823. The van der Waals surface area contributed by atoms with Crippen molar-refractivity contribution < 1.29 is 5.11 Å². The Bertz CT molecular complexity index is 119. The fourth-order valence-corrected chi connectivity index (χ4v) is 1.06. The first-order valence-corrected chi connectivity index (χ1v) is 2.88. The van der Waals surface area contributed by atoms with Gasteiger partial charge in [-0.2, -0.15) is 5.26 Å². The maximum Gasteiger partial charge on any atom is 0.189 e. The van der Waals surface area contributed by atoms with E-state index in [0.29, 0.717) is 12.8 Å². The van der Waals surface area contributed by atoms with Crippen LogP contribution in [0, 0.1) is 11.3 Å². The lowest BCUT2D eigenvalue weighted by molar-refractivity contribution is 0.0282. The van der Waals surface area contributed by atoms with Crippen LogP contribution in [0.1, 0.15) is 25.7 Å². The number of rotatable bonds is 0. The molecule has 1 aliphatic carbocycles. The molecule has 2 nitrogen and oxygen atoms in total. The van der Waals surface area contributed by atoms with Gasteiger partial charge in [0.15, 0.2) is 5.60 Å². The summed E-state index contributed by atoms with van der Waals surface area (Å²) in [5.74, 6) is 0. The van der Waals surface area contributed by atoms with E-state index in [1.807, 2.05) is 0 Å². The summed E-state index contributed by atoms with van der Waals surface area (Å²) in [4.78, 5) is 0. The zero-order valence-corrected chi connectivity index (χ0v) is 4.68. The topological polar surface area (TPSA) is 43.7 Å². The Morgan fingerprint density at radius 3 is 2.12 bits per heavy atom.